The Kier molecular flexibility index (Phi) is 4.64. The van der Waals surface area contributed by atoms with Crippen molar-refractivity contribution in [3.8, 4) is 0 Å². The summed E-state index contributed by atoms with van der Waals surface area (Å²) in [6.07, 6.45) is 0. The maximum Gasteiger partial charge on any atom is 0.333 e. The Hall–Kier alpha value is 0.314. The first kappa shape index (κ1) is 12.3. The smallest absolute Gasteiger partial charge is 0.333 e. The zero-order valence-corrected chi connectivity index (χ0v) is 10.9. The van der Waals surface area contributed by atoms with Crippen LogP contribution in [0.4, 0.5) is 0 Å². The molecule has 0 radical (unpaired) electrons. The van der Waals surface area contributed by atoms with Crippen molar-refractivity contribution in [3.05, 3.63) is 0 Å². The van der Waals surface area contributed by atoms with E-state index >= 15 is 0 Å². The molecule has 74 valence electrons. The largest absolute Gasteiger partial charge is 0.421 e. The number of hydrogen-bond donors (Lipinski definition) is 0. The summed E-state index contributed by atoms with van der Waals surface area (Å²) in [4.78, 5) is 0. The molecule has 0 aliphatic heterocycles. The molecule has 0 aromatic rings. The minimum atomic E-state index is -1.92. The topological polar surface area (TPSA) is 27.7 Å². The average Bonchev–Trinajstić information content (AvgIpc) is 2.04. The van der Waals surface area contributed by atoms with Gasteiger partial charge in [-0.3, -0.25) is 0 Å². The zero-order chi connectivity index (χ0) is 9.83. The lowest BCUT2D eigenvalue weighted by molar-refractivity contribution is 0.252. The van der Waals surface area contributed by atoms with Crippen LogP contribution in [0.5, 0.6) is 0 Å². The fourth-order valence-corrected chi connectivity index (χ4v) is 9.16. The van der Waals surface area contributed by atoms with Crippen LogP contribution in [0.1, 0.15) is 0 Å². The number of rotatable bonds is 5. The summed E-state index contributed by atoms with van der Waals surface area (Å²) in [6.45, 7) is 6.42. The molecule has 0 aliphatic carbocycles. The molecular formula is C7H20O3Si2. The molecule has 12 heavy (non-hydrogen) atoms. The van der Waals surface area contributed by atoms with Crippen molar-refractivity contribution in [2.24, 2.45) is 0 Å². The standard InChI is InChI=1S/C7H20O3Si2/c1-8-11(4,5)7-12(6,9-2)10-3/h7H2,1-6H3. The molecule has 0 saturated heterocycles. The summed E-state index contributed by atoms with van der Waals surface area (Å²) < 4.78 is 16.2. The third kappa shape index (κ3) is 3.82. The van der Waals surface area contributed by atoms with E-state index in [2.05, 4.69) is 19.6 Å². The number of hydrogen-bond acceptors (Lipinski definition) is 3. The SMILES string of the molecule is CO[Si](C)(C)C[Si](C)(OC)OC. The van der Waals surface area contributed by atoms with Gasteiger partial charge in [0.05, 0.1) is 0 Å². The molecule has 0 spiro atoms. The van der Waals surface area contributed by atoms with Gasteiger partial charge in [0.15, 0.2) is 8.32 Å². The van der Waals surface area contributed by atoms with Crippen LogP contribution in [-0.4, -0.2) is 38.2 Å². The Morgan fingerprint density at radius 3 is 1.50 bits per heavy atom. The first-order valence-electron chi connectivity index (χ1n) is 4.04. The molecule has 0 unspecified atom stereocenters. The molecule has 0 N–H and O–H groups in total. The summed E-state index contributed by atoms with van der Waals surface area (Å²) >= 11 is 0. The minimum Gasteiger partial charge on any atom is -0.421 e. The van der Waals surface area contributed by atoms with E-state index in [0.29, 0.717) is 0 Å². The van der Waals surface area contributed by atoms with Crippen LogP contribution in [0, 0.1) is 0 Å². The average molecular weight is 208 g/mol. The molecule has 0 atom stereocenters. The highest BCUT2D eigenvalue weighted by molar-refractivity contribution is 6.87. The van der Waals surface area contributed by atoms with Crippen molar-refractivity contribution in [1.29, 1.82) is 0 Å². The maximum absolute atomic E-state index is 5.45. The minimum absolute atomic E-state index is 0.976. The summed E-state index contributed by atoms with van der Waals surface area (Å²) in [5.74, 6) is 0. The Labute approximate surface area is 77.4 Å². The molecule has 0 bridgehead atoms. The van der Waals surface area contributed by atoms with Crippen LogP contribution in [0.25, 0.3) is 0 Å². The van der Waals surface area contributed by atoms with Gasteiger partial charge in [-0.05, 0) is 19.6 Å². The summed E-state index contributed by atoms with van der Waals surface area (Å²) in [5.41, 5.74) is 0.976. The van der Waals surface area contributed by atoms with Gasteiger partial charge in [-0.15, -0.1) is 0 Å². The first-order chi connectivity index (χ1) is 5.39. The van der Waals surface area contributed by atoms with Gasteiger partial charge in [-0.2, -0.15) is 0 Å². The molecular weight excluding hydrogens is 188 g/mol. The van der Waals surface area contributed by atoms with Gasteiger partial charge in [0, 0.05) is 27.0 Å². The highest BCUT2D eigenvalue weighted by Gasteiger charge is 2.38. The van der Waals surface area contributed by atoms with Crippen LogP contribution >= 0.6 is 0 Å². The lowest BCUT2D eigenvalue weighted by Gasteiger charge is -2.30. The van der Waals surface area contributed by atoms with E-state index < -0.39 is 16.9 Å². The van der Waals surface area contributed by atoms with Crippen molar-refractivity contribution in [2.75, 3.05) is 21.3 Å². The maximum atomic E-state index is 5.45. The van der Waals surface area contributed by atoms with E-state index in [1.54, 1.807) is 21.3 Å². The van der Waals surface area contributed by atoms with Crippen molar-refractivity contribution in [1.82, 2.24) is 0 Å². The molecule has 0 saturated carbocycles. The quantitative estimate of drug-likeness (QED) is 0.644. The lowest BCUT2D eigenvalue weighted by atomic mass is 11.7. The summed E-state index contributed by atoms with van der Waals surface area (Å²) in [5, 5.41) is 0. The molecule has 0 aromatic carbocycles. The van der Waals surface area contributed by atoms with Gasteiger partial charge < -0.3 is 13.3 Å². The van der Waals surface area contributed by atoms with Crippen LogP contribution in [-0.2, 0) is 13.3 Å². The van der Waals surface area contributed by atoms with Crippen LogP contribution < -0.4 is 0 Å². The van der Waals surface area contributed by atoms with E-state index in [1.807, 2.05) is 0 Å². The third-order valence-electron chi connectivity index (χ3n) is 2.16. The molecule has 0 amide bonds. The highest BCUT2D eigenvalue weighted by atomic mass is 28.4. The fourth-order valence-electron chi connectivity index (χ4n) is 1.07. The molecule has 0 rings (SSSR count). The normalized spacial score (nSPS) is 13.5. The third-order valence-corrected chi connectivity index (χ3v) is 11.0. The molecule has 0 aromatic heterocycles. The Bertz CT molecular complexity index is 135. The van der Waals surface area contributed by atoms with Crippen molar-refractivity contribution in [2.45, 2.75) is 25.3 Å². The van der Waals surface area contributed by atoms with Gasteiger partial charge >= 0.3 is 8.56 Å². The fraction of sp³-hybridized carbons (Fsp3) is 1.00. The monoisotopic (exact) mass is 208 g/mol. The Balaban J connectivity index is 4.20. The van der Waals surface area contributed by atoms with Gasteiger partial charge in [0.2, 0.25) is 0 Å². The summed E-state index contributed by atoms with van der Waals surface area (Å²) in [7, 11) is 1.75. The molecule has 0 fully saturated rings. The predicted octanol–water partition coefficient (Wildman–Crippen LogP) is 1.74. The first-order valence-corrected chi connectivity index (χ1v) is 9.68. The van der Waals surface area contributed by atoms with Crippen LogP contribution in [0.3, 0.4) is 0 Å². The van der Waals surface area contributed by atoms with E-state index in [4.69, 9.17) is 13.3 Å². The molecule has 3 nitrogen and oxygen atoms in total. The Morgan fingerprint density at radius 2 is 1.25 bits per heavy atom. The highest BCUT2D eigenvalue weighted by Crippen LogP contribution is 2.20. The van der Waals surface area contributed by atoms with Gasteiger partial charge in [-0.1, -0.05) is 0 Å². The van der Waals surface area contributed by atoms with Crippen molar-refractivity contribution >= 4 is 16.9 Å². The Morgan fingerprint density at radius 1 is 0.833 bits per heavy atom. The van der Waals surface area contributed by atoms with E-state index in [9.17, 15) is 0 Å². The van der Waals surface area contributed by atoms with E-state index in [-0.39, 0.29) is 0 Å². The van der Waals surface area contributed by atoms with E-state index in [0.717, 1.165) is 5.67 Å². The van der Waals surface area contributed by atoms with E-state index in [1.165, 1.54) is 0 Å². The van der Waals surface area contributed by atoms with Crippen molar-refractivity contribution in [3.63, 3.8) is 0 Å². The molecule has 5 heteroatoms. The predicted molar refractivity (Wildman–Crippen MR) is 54.9 cm³/mol. The van der Waals surface area contributed by atoms with Gasteiger partial charge in [0.1, 0.15) is 0 Å². The van der Waals surface area contributed by atoms with Gasteiger partial charge in [0.25, 0.3) is 0 Å². The van der Waals surface area contributed by atoms with Crippen molar-refractivity contribution < 1.29 is 13.3 Å². The van der Waals surface area contributed by atoms with Crippen LogP contribution in [0.15, 0.2) is 0 Å². The second-order valence-electron chi connectivity index (χ2n) is 3.68. The lowest BCUT2D eigenvalue weighted by Crippen LogP contribution is -2.46. The second kappa shape index (κ2) is 4.52. The van der Waals surface area contributed by atoms with Crippen LogP contribution in [0.2, 0.25) is 25.3 Å². The molecule has 0 aliphatic rings. The summed E-state index contributed by atoms with van der Waals surface area (Å²) in [6, 6.07) is 0. The zero-order valence-electron chi connectivity index (χ0n) is 8.93. The molecule has 0 heterocycles. The van der Waals surface area contributed by atoms with Gasteiger partial charge in [-0.25, -0.2) is 0 Å². The second-order valence-corrected chi connectivity index (χ2v) is 12.1.